The minimum atomic E-state index is -0.107. The van der Waals surface area contributed by atoms with Crippen LogP contribution in [0.2, 0.25) is 0 Å². The molecule has 1 amide bonds. The SMILES string of the molecule is CC(C(=O)N(C)C)N1CCC[C@H]1CO. The highest BCUT2D eigenvalue weighted by Crippen LogP contribution is 2.20. The summed E-state index contributed by atoms with van der Waals surface area (Å²) in [7, 11) is 3.53. The summed E-state index contributed by atoms with van der Waals surface area (Å²) in [6.45, 7) is 2.99. The minimum Gasteiger partial charge on any atom is -0.395 e. The zero-order valence-electron chi connectivity index (χ0n) is 9.23. The molecule has 1 heterocycles. The number of amides is 1. The Morgan fingerprint density at radius 2 is 2.29 bits per heavy atom. The van der Waals surface area contributed by atoms with E-state index in [9.17, 15) is 4.79 Å². The van der Waals surface area contributed by atoms with E-state index in [4.69, 9.17) is 5.11 Å². The Hall–Kier alpha value is -0.610. The van der Waals surface area contributed by atoms with E-state index in [1.807, 2.05) is 6.92 Å². The molecule has 82 valence electrons. The quantitative estimate of drug-likeness (QED) is 0.693. The fourth-order valence-electron chi connectivity index (χ4n) is 2.08. The lowest BCUT2D eigenvalue weighted by molar-refractivity contribution is -0.134. The lowest BCUT2D eigenvalue weighted by atomic mass is 10.2. The number of nitrogens with zero attached hydrogens (tertiary/aromatic N) is 2. The van der Waals surface area contributed by atoms with Crippen LogP contribution >= 0.6 is 0 Å². The van der Waals surface area contributed by atoms with Gasteiger partial charge in [-0.25, -0.2) is 0 Å². The Morgan fingerprint density at radius 3 is 2.79 bits per heavy atom. The Balaban J connectivity index is 2.59. The molecule has 2 atom stereocenters. The Labute approximate surface area is 85.5 Å². The normalized spacial score (nSPS) is 25.0. The number of hydrogen-bond acceptors (Lipinski definition) is 3. The lowest BCUT2D eigenvalue weighted by Crippen LogP contribution is -2.47. The van der Waals surface area contributed by atoms with Crippen LogP contribution in [0.1, 0.15) is 19.8 Å². The van der Waals surface area contributed by atoms with E-state index in [2.05, 4.69) is 4.90 Å². The molecule has 4 heteroatoms. The van der Waals surface area contributed by atoms with Gasteiger partial charge < -0.3 is 10.0 Å². The van der Waals surface area contributed by atoms with Gasteiger partial charge in [0.1, 0.15) is 0 Å². The maximum Gasteiger partial charge on any atom is 0.239 e. The van der Waals surface area contributed by atoms with Crippen molar-refractivity contribution in [2.24, 2.45) is 0 Å². The molecule has 1 rings (SSSR count). The molecular formula is C10H20N2O2. The van der Waals surface area contributed by atoms with E-state index in [0.717, 1.165) is 19.4 Å². The lowest BCUT2D eigenvalue weighted by Gasteiger charge is -2.30. The molecule has 1 saturated heterocycles. The second-order valence-corrected chi connectivity index (χ2v) is 4.13. The molecule has 0 aliphatic carbocycles. The van der Waals surface area contributed by atoms with Gasteiger partial charge >= 0.3 is 0 Å². The van der Waals surface area contributed by atoms with Crippen molar-refractivity contribution < 1.29 is 9.90 Å². The second-order valence-electron chi connectivity index (χ2n) is 4.13. The topological polar surface area (TPSA) is 43.8 Å². The van der Waals surface area contributed by atoms with E-state index >= 15 is 0 Å². The van der Waals surface area contributed by atoms with Crippen molar-refractivity contribution in [3.63, 3.8) is 0 Å². The van der Waals surface area contributed by atoms with E-state index in [1.165, 1.54) is 0 Å². The van der Waals surface area contributed by atoms with Crippen molar-refractivity contribution >= 4 is 5.91 Å². The van der Waals surface area contributed by atoms with Crippen LogP contribution in [0.5, 0.6) is 0 Å². The van der Waals surface area contributed by atoms with Gasteiger partial charge in [-0.15, -0.1) is 0 Å². The largest absolute Gasteiger partial charge is 0.395 e. The second kappa shape index (κ2) is 4.75. The fraction of sp³-hybridized carbons (Fsp3) is 0.900. The molecule has 1 N–H and O–H groups in total. The van der Waals surface area contributed by atoms with Crippen LogP contribution in [0.4, 0.5) is 0 Å². The summed E-state index contributed by atoms with van der Waals surface area (Å²) in [6, 6.07) is 0.0681. The molecule has 0 bridgehead atoms. The zero-order chi connectivity index (χ0) is 10.7. The maximum absolute atomic E-state index is 11.7. The first-order valence-electron chi connectivity index (χ1n) is 5.15. The molecule has 1 aliphatic heterocycles. The summed E-state index contributed by atoms with van der Waals surface area (Å²) in [6.07, 6.45) is 2.08. The molecule has 0 aromatic carbocycles. The van der Waals surface area contributed by atoms with Gasteiger partial charge in [-0.3, -0.25) is 9.69 Å². The summed E-state index contributed by atoms with van der Waals surface area (Å²) in [5.74, 6) is 0.116. The van der Waals surface area contributed by atoms with Crippen molar-refractivity contribution in [1.82, 2.24) is 9.80 Å². The Morgan fingerprint density at radius 1 is 1.64 bits per heavy atom. The molecule has 14 heavy (non-hydrogen) atoms. The van der Waals surface area contributed by atoms with Crippen LogP contribution in [-0.2, 0) is 4.79 Å². The van der Waals surface area contributed by atoms with Gasteiger partial charge in [0.05, 0.1) is 12.6 Å². The standard InChI is InChI=1S/C10H20N2O2/c1-8(10(14)11(2)3)12-6-4-5-9(12)7-13/h8-9,13H,4-7H2,1-3H3/t8?,9-/m0/s1. The van der Waals surface area contributed by atoms with Gasteiger partial charge in [0.15, 0.2) is 0 Å². The summed E-state index contributed by atoms with van der Waals surface area (Å²) >= 11 is 0. The van der Waals surface area contributed by atoms with E-state index < -0.39 is 0 Å². The predicted octanol–water partition coefficient (Wildman–Crippen LogP) is -0.0802. The van der Waals surface area contributed by atoms with Gasteiger partial charge in [-0.05, 0) is 26.3 Å². The number of carbonyl (C=O) groups is 1. The third kappa shape index (κ3) is 2.25. The summed E-state index contributed by atoms with van der Waals surface area (Å²) < 4.78 is 0. The van der Waals surface area contributed by atoms with Crippen LogP contribution in [-0.4, -0.2) is 60.1 Å². The number of rotatable bonds is 3. The zero-order valence-corrected chi connectivity index (χ0v) is 9.23. The first-order valence-corrected chi connectivity index (χ1v) is 5.15. The number of likely N-dealkylation sites (tertiary alicyclic amines) is 1. The highest BCUT2D eigenvalue weighted by atomic mass is 16.3. The molecule has 1 unspecified atom stereocenters. The number of aliphatic hydroxyl groups is 1. The summed E-state index contributed by atoms with van der Waals surface area (Å²) in [5, 5.41) is 9.14. The van der Waals surface area contributed by atoms with Crippen molar-refractivity contribution in [3.8, 4) is 0 Å². The minimum absolute atomic E-state index is 0.107. The average molecular weight is 200 g/mol. The molecular weight excluding hydrogens is 180 g/mol. The first-order chi connectivity index (χ1) is 6.57. The average Bonchev–Trinajstić information content (AvgIpc) is 2.62. The molecule has 0 aromatic heterocycles. The van der Waals surface area contributed by atoms with Crippen LogP contribution in [0.15, 0.2) is 0 Å². The van der Waals surface area contributed by atoms with Gasteiger partial charge in [-0.2, -0.15) is 0 Å². The van der Waals surface area contributed by atoms with Crippen molar-refractivity contribution in [2.45, 2.75) is 31.8 Å². The van der Waals surface area contributed by atoms with Crippen LogP contribution in [0.3, 0.4) is 0 Å². The molecule has 1 fully saturated rings. The summed E-state index contributed by atoms with van der Waals surface area (Å²) in [4.78, 5) is 15.4. The van der Waals surface area contributed by atoms with Gasteiger partial charge in [0, 0.05) is 20.1 Å². The molecule has 0 radical (unpaired) electrons. The van der Waals surface area contributed by atoms with Crippen molar-refractivity contribution in [2.75, 3.05) is 27.2 Å². The number of aliphatic hydroxyl groups excluding tert-OH is 1. The third-order valence-corrected chi connectivity index (χ3v) is 2.93. The third-order valence-electron chi connectivity index (χ3n) is 2.93. The number of carbonyl (C=O) groups excluding carboxylic acids is 1. The smallest absolute Gasteiger partial charge is 0.239 e. The predicted molar refractivity (Wildman–Crippen MR) is 55.0 cm³/mol. The molecule has 0 aromatic rings. The van der Waals surface area contributed by atoms with E-state index in [1.54, 1.807) is 19.0 Å². The molecule has 4 nitrogen and oxygen atoms in total. The number of hydrogen-bond donors (Lipinski definition) is 1. The number of likely N-dealkylation sites (N-methyl/N-ethyl adjacent to an activating group) is 1. The first kappa shape index (κ1) is 11.5. The summed E-state index contributed by atoms with van der Waals surface area (Å²) in [5.41, 5.74) is 0. The van der Waals surface area contributed by atoms with E-state index in [0.29, 0.717) is 0 Å². The molecule has 0 spiro atoms. The van der Waals surface area contributed by atoms with Crippen molar-refractivity contribution in [1.29, 1.82) is 0 Å². The van der Waals surface area contributed by atoms with Crippen LogP contribution < -0.4 is 0 Å². The van der Waals surface area contributed by atoms with E-state index in [-0.39, 0.29) is 24.6 Å². The maximum atomic E-state index is 11.7. The molecule has 1 aliphatic rings. The van der Waals surface area contributed by atoms with Gasteiger partial charge in [0.2, 0.25) is 5.91 Å². The van der Waals surface area contributed by atoms with Crippen LogP contribution in [0.25, 0.3) is 0 Å². The Kier molecular flexibility index (Phi) is 3.89. The van der Waals surface area contributed by atoms with Crippen LogP contribution in [0, 0.1) is 0 Å². The highest BCUT2D eigenvalue weighted by Gasteiger charge is 2.31. The Bertz CT molecular complexity index is 206. The fourth-order valence-corrected chi connectivity index (χ4v) is 2.08. The molecule has 0 saturated carbocycles. The highest BCUT2D eigenvalue weighted by molar-refractivity contribution is 5.81. The monoisotopic (exact) mass is 200 g/mol. The van der Waals surface area contributed by atoms with Gasteiger partial charge in [0.25, 0.3) is 0 Å². The van der Waals surface area contributed by atoms with Crippen molar-refractivity contribution in [3.05, 3.63) is 0 Å². The van der Waals surface area contributed by atoms with Gasteiger partial charge in [-0.1, -0.05) is 0 Å².